The lowest BCUT2D eigenvalue weighted by atomic mass is 9.97. The highest BCUT2D eigenvalue weighted by Crippen LogP contribution is 2.37. The van der Waals surface area contributed by atoms with Crippen molar-refractivity contribution < 1.29 is 0 Å². The van der Waals surface area contributed by atoms with E-state index in [4.69, 9.17) is 11.5 Å². The largest absolute Gasteiger partial charge is 0.330 e. The number of hydrogen-bond acceptors (Lipinski definition) is 2. The quantitative estimate of drug-likeness (QED) is 0.695. The molecule has 104 valence electrons. The van der Waals surface area contributed by atoms with E-state index in [-0.39, 0.29) is 6.04 Å². The van der Waals surface area contributed by atoms with E-state index in [1.54, 1.807) is 0 Å². The Labute approximate surface area is 120 Å². The summed E-state index contributed by atoms with van der Waals surface area (Å²) in [5.74, 6) is 0. The average Bonchev–Trinajstić information content (AvgIpc) is 2.85. The Balaban J connectivity index is 1.80. The molecule has 0 aliphatic heterocycles. The smallest absolute Gasteiger partial charge is 0.0294 e. The van der Waals surface area contributed by atoms with Crippen LogP contribution in [0.15, 0.2) is 42.5 Å². The van der Waals surface area contributed by atoms with Gasteiger partial charge >= 0.3 is 0 Å². The van der Waals surface area contributed by atoms with Gasteiger partial charge in [0, 0.05) is 6.04 Å². The molecule has 4 N–H and O–H groups in total. The van der Waals surface area contributed by atoms with Gasteiger partial charge in [0.15, 0.2) is 0 Å². The lowest BCUT2D eigenvalue weighted by molar-refractivity contribution is 0.591. The molecule has 0 saturated heterocycles. The minimum absolute atomic E-state index is 0.135. The third-order valence-electron chi connectivity index (χ3n) is 4.22. The first-order valence-corrected chi connectivity index (χ1v) is 7.46. The number of unbranched alkanes of at least 4 members (excludes halogenated alkanes) is 1. The zero-order chi connectivity index (χ0) is 13.9. The zero-order valence-electron chi connectivity index (χ0n) is 11.8. The monoisotopic (exact) mass is 266 g/mol. The van der Waals surface area contributed by atoms with Crippen molar-refractivity contribution in [2.45, 2.75) is 31.7 Å². The second kappa shape index (κ2) is 5.78. The van der Waals surface area contributed by atoms with Crippen LogP contribution in [0.2, 0.25) is 0 Å². The maximum Gasteiger partial charge on any atom is 0.0294 e. The minimum Gasteiger partial charge on any atom is -0.330 e. The third-order valence-corrected chi connectivity index (χ3v) is 4.22. The fourth-order valence-electron chi connectivity index (χ4n) is 3.07. The molecule has 1 atom stereocenters. The molecule has 3 rings (SSSR count). The second-order valence-corrected chi connectivity index (χ2v) is 5.64. The normalized spacial score (nSPS) is 13.9. The summed E-state index contributed by atoms with van der Waals surface area (Å²) in [6.07, 6.45) is 4.22. The Hall–Kier alpha value is -1.64. The van der Waals surface area contributed by atoms with Crippen molar-refractivity contribution >= 4 is 0 Å². The predicted molar refractivity (Wildman–Crippen MR) is 84.5 cm³/mol. The molecule has 0 spiro atoms. The first-order valence-electron chi connectivity index (χ1n) is 7.46. The molecular formula is C18H22N2. The Morgan fingerprint density at radius 2 is 1.75 bits per heavy atom. The molecule has 20 heavy (non-hydrogen) atoms. The van der Waals surface area contributed by atoms with Crippen molar-refractivity contribution in [2.75, 3.05) is 6.54 Å². The lowest BCUT2D eigenvalue weighted by Gasteiger charge is -2.13. The van der Waals surface area contributed by atoms with Crippen LogP contribution in [0.4, 0.5) is 0 Å². The topological polar surface area (TPSA) is 52.0 Å². The van der Waals surface area contributed by atoms with Gasteiger partial charge < -0.3 is 11.5 Å². The van der Waals surface area contributed by atoms with Crippen LogP contribution in [0.1, 0.15) is 42.0 Å². The highest BCUT2D eigenvalue weighted by molar-refractivity contribution is 5.76. The van der Waals surface area contributed by atoms with E-state index in [2.05, 4.69) is 42.5 Å². The van der Waals surface area contributed by atoms with Crippen molar-refractivity contribution in [3.63, 3.8) is 0 Å². The van der Waals surface area contributed by atoms with E-state index in [0.717, 1.165) is 32.2 Å². The van der Waals surface area contributed by atoms with Crippen LogP contribution in [-0.4, -0.2) is 6.54 Å². The molecule has 2 nitrogen and oxygen atoms in total. The highest BCUT2D eigenvalue weighted by Gasteiger charge is 2.18. The van der Waals surface area contributed by atoms with Gasteiger partial charge in [0.1, 0.15) is 0 Å². The summed E-state index contributed by atoms with van der Waals surface area (Å²) in [5, 5.41) is 0. The average molecular weight is 266 g/mol. The molecule has 2 aromatic rings. The summed E-state index contributed by atoms with van der Waals surface area (Å²) < 4.78 is 0. The van der Waals surface area contributed by atoms with Crippen molar-refractivity contribution in [1.82, 2.24) is 0 Å². The van der Waals surface area contributed by atoms with Crippen LogP contribution in [0.25, 0.3) is 11.1 Å². The number of hydrogen-bond donors (Lipinski definition) is 2. The van der Waals surface area contributed by atoms with Gasteiger partial charge in [0.25, 0.3) is 0 Å². The summed E-state index contributed by atoms with van der Waals surface area (Å²) in [7, 11) is 0. The maximum absolute atomic E-state index is 6.29. The van der Waals surface area contributed by atoms with E-state index < -0.39 is 0 Å². The maximum atomic E-state index is 6.29. The molecule has 0 amide bonds. The van der Waals surface area contributed by atoms with Gasteiger partial charge in [0.2, 0.25) is 0 Å². The molecular weight excluding hydrogens is 244 g/mol. The van der Waals surface area contributed by atoms with Crippen LogP contribution < -0.4 is 11.5 Å². The molecule has 2 aromatic carbocycles. The molecule has 1 aliphatic rings. The molecule has 0 unspecified atom stereocenters. The molecule has 0 aromatic heterocycles. The Bertz CT molecular complexity index is 604. The van der Waals surface area contributed by atoms with Gasteiger partial charge in [-0.05, 0) is 53.6 Å². The first-order chi connectivity index (χ1) is 9.79. The first kappa shape index (κ1) is 13.3. The van der Waals surface area contributed by atoms with Crippen molar-refractivity contribution in [1.29, 1.82) is 0 Å². The minimum atomic E-state index is 0.135. The Kier molecular flexibility index (Phi) is 3.86. The van der Waals surface area contributed by atoms with Gasteiger partial charge in [-0.2, -0.15) is 0 Å². The molecule has 2 heteroatoms. The van der Waals surface area contributed by atoms with Crippen LogP contribution in [0.3, 0.4) is 0 Å². The van der Waals surface area contributed by atoms with Gasteiger partial charge in [-0.3, -0.25) is 0 Å². The third kappa shape index (κ3) is 2.49. The van der Waals surface area contributed by atoms with E-state index in [9.17, 15) is 0 Å². The Morgan fingerprint density at radius 3 is 2.60 bits per heavy atom. The molecule has 0 bridgehead atoms. The molecule has 0 fully saturated rings. The van der Waals surface area contributed by atoms with Crippen molar-refractivity contribution in [3.05, 3.63) is 59.2 Å². The molecule has 1 aliphatic carbocycles. The zero-order valence-corrected chi connectivity index (χ0v) is 11.8. The van der Waals surface area contributed by atoms with Crippen molar-refractivity contribution in [2.24, 2.45) is 11.5 Å². The van der Waals surface area contributed by atoms with Crippen LogP contribution >= 0.6 is 0 Å². The number of rotatable bonds is 5. The van der Waals surface area contributed by atoms with E-state index in [1.165, 1.54) is 27.8 Å². The van der Waals surface area contributed by atoms with E-state index in [0.29, 0.717) is 0 Å². The van der Waals surface area contributed by atoms with Crippen LogP contribution in [0, 0.1) is 0 Å². The van der Waals surface area contributed by atoms with Gasteiger partial charge in [-0.15, -0.1) is 0 Å². The number of fused-ring (bicyclic) bond motifs is 3. The van der Waals surface area contributed by atoms with Gasteiger partial charge in [0.05, 0.1) is 0 Å². The summed E-state index contributed by atoms with van der Waals surface area (Å²) in [6.45, 7) is 0.756. The second-order valence-electron chi connectivity index (χ2n) is 5.64. The molecule has 0 heterocycles. The summed E-state index contributed by atoms with van der Waals surface area (Å²) in [4.78, 5) is 0. The predicted octanol–water partition coefficient (Wildman–Crippen LogP) is 3.39. The van der Waals surface area contributed by atoms with Crippen molar-refractivity contribution in [3.8, 4) is 11.1 Å². The fraction of sp³-hybridized carbons (Fsp3) is 0.333. The van der Waals surface area contributed by atoms with Crippen LogP contribution in [-0.2, 0) is 6.42 Å². The highest BCUT2D eigenvalue weighted by atomic mass is 14.6. The SMILES string of the molecule is NCCCC[C@H](N)c1ccc2c(c1)Cc1ccccc1-2. The van der Waals surface area contributed by atoms with E-state index >= 15 is 0 Å². The number of nitrogens with two attached hydrogens (primary N) is 2. The summed E-state index contributed by atoms with van der Waals surface area (Å²) >= 11 is 0. The molecule has 0 radical (unpaired) electrons. The number of benzene rings is 2. The van der Waals surface area contributed by atoms with E-state index in [1.807, 2.05) is 0 Å². The van der Waals surface area contributed by atoms with Gasteiger partial charge in [-0.25, -0.2) is 0 Å². The van der Waals surface area contributed by atoms with Crippen LogP contribution in [0.5, 0.6) is 0 Å². The fourth-order valence-corrected chi connectivity index (χ4v) is 3.07. The molecule has 0 saturated carbocycles. The van der Waals surface area contributed by atoms with Gasteiger partial charge in [-0.1, -0.05) is 48.9 Å². The summed E-state index contributed by atoms with van der Waals surface area (Å²) in [5.41, 5.74) is 18.7. The standard InChI is InChI=1S/C18H22N2/c19-10-4-3-7-18(20)14-8-9-17-15(12-14)11-13-5-1-2-6-16(13)17/h1-2,5-6,8-9,12,18H,3-4,7,10-11,19-20H2/t18-/m0/s1. The lowest BCUT2D eigenvalue weighted by Crippen LogP contribution is -2.11. The Morgan fingerprint density at radius 1 is 0.950 bits per heavy atom. The summed E-state index contributed by atoms with van der Waals surface area (Å²) in [6, 6.07) is 15.5.